The topological polar surface area (TPSA) is 82.6 Å². The van der Waals surface area contributed by atoms with Gasteiger partial charge in [0.15, 0.2) is 0 Å². The van der Waals surface area contributed by atoms with Crippen molar-refractivity contribution in [2.75, 3.05) is 49.8 Å². The molecule has 38 heavy (non-hydrogen) atoms. The summed E-state index contributed by atoms with van der Waals surface area (Å²) in [6.45, 7) is 5.25. The summed E-state index contributed by atoms with van der Waals surface area (Å²) >= 11 is 0. The van der Waals surface area contributed by atoms with Crippen molar-refractivity contribution >= 4 is 28.9 Å². The maximum absolute atomic E-state index is 12.1. The summed E-state index contributed by atoms with van der Waals surface area (Å²) in [5.41, 5.74) is 3.86. The molecule has 0 radical (unpaired) electrons. The fraction of sp³-hybridized carbons (Fsp3) is 0.167. The Labute approximate surface area is 223 Å². The van der Waals surface area contributed by atoms with E-state index in [1.807, 2.05) is 100 Å². The maximum Gasteiger partial charge on any atom is 0.247 e. The van der Waals surface area contributed by atoms with Gasteiger partial charge in [-0.25, -0.2) is 9.97 Å². The van der Waals surface area contributed by atoms with Crippen molar-refractivity contribution in [1.82, 2.24) is 14.9 Å². The molecule has 0 aliphatic rings. The summed E-state index contributed by atoms with van der Waals surface area (Å²) in [6.07, 6.45) is 2.96. The molecular weight excluding hydrogens is 476 g/mol. The molecule has 0 saturated carbocycles. The van der Waals surface area contributed by atoms with Gasteiger partial charge in [0.1, 0.15) is 11.5 Å². The van der Waals surface area contributed by atoms with Gasteiger partial charge in [-0.3, -0.25) is 4.79 Å². The van der Waals surface area contributed by atoms with E-state index >= 15 is 0 Å². The van der Waals surface area contributed by atoms with Crippen LogP contribution >= 0.6 is 0 Å². The van der Waals surface area contributed by atoms with Crippen molar-refractivity contribution in [2.45, 2.75) is 0 Å². The second-order valence-corrected chi connectivity index (χ2v) is 8.95. The van der Waals surface area contributed by atoms with E-state index in [4.69, 9.17) is 9.72 Å². The third-order valence-corrected chi connectivity index (χ3v) is 5.78. The maximum atomic E-state index is 12.1. The minimum Gasteiger partial charge on any atom is -0.457 e. The third-order valence-electron chi connectivity index (χ3n) is 5.78. The van der Waals surface area contributed by atoms with Crippen molar-refractivity contribution in [3.8, 4) is 22.8 Å². The predicted octanol–water partition coefficient (Wildman–Crippen LogP) is 5.80. The number of amides is 1. The number of nitrogens with one attached hydrogen (secondary N) is 2. The number of rotatable bonds is 11. The molecule has 0 bridgehead atoms. The zero-order chi connectivity index (χ0) is 26.9. The number of likely N-dealkylation sites (N-methyl/N-ethyl adjacent to an activating group) is 2. The molecule has 0 aliphatic heterocycles. The highest BCUT2D eigenvalue weighted by Crippen LogP contribution is 2.33. The number of anilines is 4. The number of aromatic nitrogens is 2. The molecule has 0 saturated heterocycles. The van der Waals surface area contributed by atoms with Crippen LogP contribution in [-0.2, 0) is 4.79 Å². The lowest BCUT2D eigenvalue weighted by atomic mass is 10.1. The van der Waals surface area contributed by atoms with Crippen LogP contribution in [0.25, 0.3) is 11.3 Å². The van der Waals surface area contributed by atoms with E-state index in [-0.39, 0.29) is 5.91 Å². The van der Waals surface area contributed by atoms with E-state index in [2.05, 4.69) is 32.0 Å². The van der Waals surface area contributed by atoms with Gasteiger partial charge in [-0.2, -0.15) is 0 Å². The Kier molecular flexibility index (Phi) is 8.69. The van der Waals surface area contributed by atoms with Crippen molar-refractivity contribution in [1.29, 1.82) is 0 Å². The van der Waals surface area contributed by atoms with Crippen molar-refractivity contribution < 1.29 is 9.53 Å². The van der Waals surface area contributed by atoms with Crippen LogP contribution < -0.4 is 20.3 Å². The fourth-order valence-electron chi connectivity index (χ4n) is 3.78. The molecule has 4 aromatic rings. The molecule has 1 amide bonds. The average Bonchev–Trinajstić information content (AvgIpc) is 2.93. The summed E-state index contributed by atoms with van der Waals surface area (Å²) in [6, 6.07) is 25.0. The number of nitrogens with zero attached hydrogens (tertiary/aromatic N) is 4. The Hall–Kier alpha value is -4.69. The zero-order valence-corrected chi connectivity index (χ0v) is 21.9. The van der Waals surface area contributed by atoms with Gasteiger partial charge >= 0.3 is 0 Å². The van der Waals surface area contributed by atoms with Crippen LogP contribution in [0.3, 0.4) is 0 Å². The second kappa shape index (κ2) is 12.5. The number of ether oxygens (including phenoxy) is 1. The number of hydrogen-bond donors (Lipinski definition) is 2. The fourth-order valence-corrected chi connectivity index (χ4v) is 3.78. The molecule has 0 atom stereocenters. The van der Waals surface area contributed by atoms with Gasteiger partial charge in [-0.1, -0.05) is 36.9 Å². The molecule has 0 aliphatic carbocycles. The van der Waals surface area contributed by atoms with Gasteiger partial charge in [-0.15, -0.1) is 0 Å². The van der Waals surface area contributed by atoms with Crippen LogP contribution in [0.2, 0.25) is 0 Å². The van der Waals surface area contributed by atoms with Gasteiger partial charge in [0.2, 0.25) is 11.9 Å². The molecule has 0 unspecified atom stereocenters. The average molecular weight is 509 g/mol. The molecule has 0 fully saturated rings. The highest BCUT2D eigenvalue weighted by atomic mass is 16.5. The van der Waals surface area contributed by atoms with Crippen LogP contribution in [0.5, 0.6) is 11.5 Å². The minimum atomic E-state index is -0.280. The normalized spacial score (nSPS) is 10.6. The molecule has 194 valence electrons. The largest absolute Gasteiger partial charge is 0.457 e. The van der Waals surface area contributed by atoms with Gasteiger partial charge < -0.3 is 25.2 Å². The highest BCUT2D eigenvalue weighted by Gasteiger charge is 2.13. The Morgan fingerprint density at radius 3 is 2.50 bits per heavy atom. The van der Waals surface area contributed by atoms with Crippen LogP contribution in [0.4, 0.5) is 23.0 Å². The second-order valence-electron chi connectivity index (χ2n) is 8.95. The molecule has 2 N–H and O–H groups in total. The van der Waals surface area contributed by atoms with E-state index in [9.17, 15) is 4.79 Å². The Bertz CT molecular complexity index is 1390. The number of benzene rings is 3. The van der Waals surface area contributed by atoms with Crippen molar-refractivity contribution in [2.24, 2.45) is 0 Å². The van der Waals surface area contributed by atoms with Crippen LogP contribution in [0, 0.1) is 0 Å². The third kappa shape index (κ3) is 6.96. The summed E-state index contributed by atoms with van der Waals surface area (Å²) in [4.78, 5) is 25.5. The molecule has 1 heterocycles. The summed E-state index contributed by atoms with van der Waals surface area (Å²) in [5.74, 6) is 1.59. The number of carbonyl (C=O) groups is 1. The van der Waals surface area contributed by atoms with Gasteiger partial charge in [-0.05, 0) is 68.7 Å². The van der Waals surface area contributed by atoms with Crippen LogP contribution in [0.15, 0.2) is 97.7 Å². The van der Waals surface area contributed by atoms with E-state index in [1.165, 1.54) is 6.08 Å². The van der Waals surface area contributed by atoms with Gasteiger partial charge in [0.05, 0.1) is 17.1 Å². The van der Waals surface area contributed by atoms with Crippen molar-refractivity contribution in [3.63, 3.8) is 0 Å². The predicted molar refractivity (Wildman–Crippen MR) is 154 cm³/mol. The van der Waals surface area contributed by atoms with E-state index in [1.54, 1.807) is 6.20 Å². The monoisotopic (exact) mass is 508 g/mol. The molecular formula is C30H32N6O2. The SMILES string of the molecule is C=CC(=O)Nc1cc(Nc2nccc(-c3ccccc3Oc3ccccc3)n2)ccc1N(C)CCN(C)C. The van der Waals surface area contributed by atoms with Gasteiger partial charge in [0, 0.05) is 37.6 Å². The summed E-state index contributed by atoms with van der Waals surface area (Å²) in [7, 11) is 6.06. The molecule has 3 aromatic carbocycles. The molecule has 4 rings (SSSR count). The standard InChI is InChI=1S/C30H32N6O2/c1-5-29(37)33-26-21-22(15-16-27(26)36(4)20-19-35(2)3)32-30-31-18-17-25(34-30)24-13-9-10-14-28(24)38-23-11-7-6-8-12-23/h5-18,21H,1,19-20H2,2-4H3,(H,33,37)(H,31,32,34). The molecule has 8 heteroatoms. The van der Waals surface area contributed by atoms with E-state index in [0.717, 1.165) is 35.8 Å². The van der Waals surface area contributed by atoms with E-state index < -0.39 is 0 Å². The first kappa shape index (κ1) is 26.4. The first-order valence-corrected chi connectivity index (χ1v) is 12.3. The molecule has 0 spiro atoms. The lowest BCUT2D eigenvalue weighted by Gasteiger charge is -2.24. The molecule has 1 aromatic heterocycles. The number of carbonyl (C=O) groups excluding carboxylic acids is 1. The first-order valence-electron chi connectivity index (χ1n) is 12.3. The lowest BCUT2D eigenvalue weighted by Crippen LogP contribution is -2.29. The van der Waals surface area contributed by atoms with Crippen molar-refractivity contribution in [3.05, 3.63) is 97.7 Å². The molecule has 8 nitrogen and oxygen atoms in total. The number of hydrogen-bond acceptors (Lipinski definition) is 7. The van der Waals surface area contributed by atoms with Crippen LogP contribution in [0.1, 0.15) is 0 Å². The Balaban J connectivity index is 1.59. The highest BCUT2D eigenvalue weighted by molar-refractivity contribution is 6.01. The van der Waals surface area contributed by atoms with E-state index in [0.29, 0.717) is 23.1 Å². The lowest BCUT2D eigenvalue weighted by molar-refractivity contribution is -0.111. The zero-order valence-electron chi connectivity index (χ0n) is 21.9. The first-order chi connectivity index (χ1) is 18.4. The minimum absolute atomic E-state index is 0.280. The summed E-state index contributed by atoms with van der Waals surface area (Å²) < 4.78 is 6.12. The Morgan fingerprint density at radius 2 is 1.74 bits per heavy atom. The quantitative estimate of drug-likeness (QED) is 0.248. The summed E-state index contributed by atoms with van der Waals surface area (Å²) in [5, 5.41) is 6.18. The van der Waals surface area contributed by atoms with Crippen LogP contribution in [-0.4, -0.2) is 55.0 Å². The number of para-hydroxylation sites is 2. The van der Waals surface area contributed by atoms with Gasteiger partial charge in [0.25, 0.3) is 0 Å². The smallest absolute Gasteiger partial charge is 0.247 e. The Morgan fingerprint density at radius 1 is 0.974 bits per heavy atom.